The smallest absolute Gasteiger partial charge is 0.414 e. The van der Waals surface area contributed by atoms with Gasteiger partial charge < -0.3 is 15.0 Å². The van der Waals surface area contributed by atoms with E-state index in [1.54, 1.807) is 6.92 Å². The summed E-state index contributed by atoms with van der Waals surface area (Å²) in [7, 11) is 2.81. The number of carbonyl (C=O) groups excluding carboxylic acids is 3. The lowest BCUT2D eigenvalue weighted by Crippen LogP contribution is -2.45. The first-order valence-corrected chi connectivity index (χ1v) is 12.5. The van der Waals surface area contributed by atoms with E-state index in [1.807, 2.05) is 12.2 Å². The number of rotatable bonds is 11. The number of anilines is 2. The SMILES string of the molecule is CCS/C(=N\C)NC(=O)N(CCN(CC)c1c(F)cc(N2C[C@H](CNC(=O)C(F)F)OC2=O)cc1F)OC. The van der Waals surface area contributed by atoms with Crippen LogP contribution < -0.4 is 20.4 Å². The Labute approximate surface area is 221 Å². The van der Waals surface area contributed by atoms with Crippen LogP contribution in [-0.2, 0) is 14.4 Å². The van der Waals surface area contributed by atoms with Gasteiger partial charge in [0, 0.05) is 32.3 Å². The van der Waals surface area contributed by atoms with Gasteiger partial charge in [0.1, 0.15) is 11.8 Å². The highest BCUT2D eigenvalue weighted by Crippen LogP contribution is 2.31. The fourth-order valence-electron chi connectivity index (χ4n) is 3.50. The largest absolute Gasteiger partial charge is 0.442 e. The van der Waals surface area contributed by atoms with Gasteiger partial charge in [-0.3, -0.25) is 24.8 Å². The van der Waals surface area contributed by atoms with Gasteiger partial charge in [-0.15, -0.1) is 0 Å². The summed E-state index contributed by atoms with van der Waals surface area (Å²) in [6.07, 6.45) is -5.16. The summed E-state index contributed by atoms with van der Waals surface area (Å²) in [5, 5.41) is 5.89. The van der Waals surface area contributed by atoms with Gasteiger partial charge in [-0.2, -0.15) is 8.78 Å². The molecular weight excluding hydrogens is 536 g/mol. The number of nitrogens with zero attached hydrogens (tertiary/aromatic N) is 4. The molecule has 212 valence electrons. The first-order chi connectivity index (χ1) is 18.1. The van der Waals surface area contributed by atoms with E-state index in [9.17, 15) is 23.2 Å². The molecule has 1 aliphatic rings. The van der Waals surface area contributed by atoms with Crippen molar-refractivity contribution in [2.45, 2.75) is 26.4 Å². The molecule has 11 nitrogen and oxygen atoms in total. The van der Waals surface area contributed by atoms with Gasteiger partial charge in [-0.25, -0.2) is 23.4 Å². The van der Waals surface area contributed by atoms with Crippen LogP contribution in [0, 0.1) is 11.6 Å². The van der Waals surface area contributed by atoms with Crippen LogP contribution in [0.1, 0.15) is 13.8 Å². The van der Waals surface area contributed by atoms with Crippen molar-refractivity contribution >= 4 is 46.3 Å². The minimum atomic E-state index is -3.23. The first kappa shape index (κ1) is 31.0. The van der Waals surface area contributed by atoms with Crippen molar-refractivity contribution in [2.75, 3.05) is 62.4 Å². The number of hydrogen-bond acceptors (Lipinski definition) is 8. The lowest BCUT2D eigenvalue weighted by molar-refractivity contribution is -0.132. The summed E-state index contributed by atoms with van der Waals surface area (Å²) in [5.74, 6) is -2.79. The number of likely N-dealkylation sites (N-methyl/N-ethyl adjacent to an activating group) is 1. The van der Waals surface area contributed by atoms with Crippen LogP contribution in [0.5, 0.6) is 0 Å². The maximum atomic E-state index is 15.1. The first-order valence-electron chi connectivity index (χ1n) is 11.6. The molecule has 0 aliphatic carbocycles. The van der Waals surface area contributed by atoms with E-state index in [0.717, 1.165) is 22.1 Å². The number of urea groups is 1. The molecule has 1 atom stereocenters. The molecule has 2 rings (SSSR count). The molecule has 1 aromatic rings. The highest BCUT2D eigenvalue weighted by molar-refractivity contribution is 8.13. The third-order valence-corrected chi connectivity index (χ3v) is 6.15. The second-order valence-electron chi connectivity index (χ2n) is 7.68. The highest BCUT2D eigenvalue weighted by atomic mass is 32.2. The zero-order valence-corrected chi connectivity index (χ0v) is 22.1. The van der Waals surface area contributed by atoms with Crippen LogP contribution in [-0.4, -0.2) is 93.4 Å². The Morgan fingerprint density at radius 2 is 1.92 bits per heavy atom. The minimum absolute atomic E-state index is 0.00212. The van der Waals surface area contributed by atoms with Gasteiger partial charge in [-0.05, 0) is 12.7 Å². The Morgan fingerprint density at radius 1 is 1.26 bits per heavy atom. The fourth-order valence-corrected chi connectivity index (χ4v) is 4.06. The number of nitrogens with one attached hydrogen (secondary N) is 2. The summed E-state index contributed by atoms with van der Waals surface area (Å²) in [5.41, 5.74) is -0.524. The zero-order chi connectivity index (χ0) is 28.4. The van der Waals surface area contributed by atoms with Crippen molar-refractivity contribution in [2.24, 2.45) is 4.99 Å². The number of hydroxylamine groups is 2. The molecule has 2 N–H and O–H groups in total. The number of cyclic esters (lactones) is 1. The number of thioether (sulfide) groups is 1. The molecule has 1 saturated heterocycles. The Bertz CT molecular complexity index is 1010. The molecule has 0 saturated carbocycles. The molecule has 4 amide bonds. The molecule has 38 heavy (non-hydrogen) atoms. The number of carbonyl (C=O) groups is 3. The Kier molecular flexibility index (Phi) is 11.9. The predicted molar refractivity (Wildman–Crippen MR) is 135 cm³/mol. The quantitative estimate of drug-likeness (QED) is 0.183. The lowest BCUT2D eigenvalue weighted by Gasteiger charge is -2.28. The molecule has 1 heterocycles. The summed E-state index contributed by atoms with van der Waals surface area (Å²) >= 11 is 1.32. The van der Waals surface area contributed by atoms with E-state index >= 15 is 8.78 Å². The van der Waals surface area contributed by atoms with Gasteiger partial charge in [0.15, 0.2) is 16.8 Å². The molecule has 1 fully saturated rings. The van der Waals surface area contributed by atoms with Gasteiger partial charge in [0.25, 0.3) is 5.91 Å². The maximum absolute atomic E-state index is 15.1. The number of halogens is 4. The zero-order valence-electron chi connectivity index (χ0n) is 21.3. The number of aliphatic imine (C=N–C) groups is 1. The highest BCUT2D eigenvalue weighted by Gasteiger charge is 2.34. The van der Waals surface area contributed by atoms with E-state index in [-0.39, 0.29) is 44.1 Å². The molecule has 0 bridgehead atoms. The van der Waals surface area contributed by atoms with Gasteiger partial charge in [0.2, 0.25) is 0 Å². The molecule has 0 spiro atoms. The van der Waals surface area contributed by atoms with Crippen LogP contribution in [0.2, 0.25) is 0 Å². The van der Waals surface area contributed by atoms with E-state index in [0.29, 0.717) is 10.9 Å². The average molecular weight is 567 g/mol. The molecule has 1 aromatic carbocycles. The lowest BCUT2D eigenvalue weighted by atomic mass is 10.2. The Hall–Kier alpha value is -3.27. The van der Waals surface area contributed by atoms with Crippen molar-refractivity contribution in [3.05, 3.63) is 23.8 Å². The fraction of sp³-hybridized carbons (Fsp3) is 0.545. The van der Waals surface area contributed by atoms with E-state index in [4.69, 9.17) is 9.57 Å². The van der Waals surface area contributed by atoms with E-state index in [1.165, 1.54) is 30.8 Å². The molecule has 1 aliphatic heterocycles. The Morgan fingerprint density at radius 3 is 2.45 bits per heavy atom. The second-order valence-corrected chi connectivity index (χ2v) is 8.93. The molecule has 0 aromatic heterocycles. The normalized spacial score (nSPS) is 15.5. The number of amidine groups is 1. The number of alkyl halides is 2. The van der Waals surface area contributed by atoms with Crippen molar-refractivity contribution in [3.63, 3.8) is 0 Å². The number of hydrogen-bond donors (Lipinski definition) is 2. The van der Waals surface area contributed by atoms with Crippen molar-refractivity contribution in [3.8, 4) is 0 Å². The predicted octanol–water partition coefficient (Wildman–Crippen LogP) is 2.81. The third-order valence-electron chi connectivity index (χ3n) is 5.31. The van der Waals surface area contributed by atoms with Crippen LogP contribution in [0.3, 0.4) is 0 Å². The van der Waals surface area contributed by atoms with Gasteiger partial charge >= 0.3 is 18.5 Å². The van der Waals surface area contributed by atoms with Crippen LogP contribution in [0.25, 0.3) is 0 Å². The number of amides is 4. The third kappa shape index (κ3) is 8.11. The number of benzene rings is 1. The standard InChI is InChI=1S/C22H30F4N6O5S/c1-5-30(7-8-32(36-4)21(34)29-20(27-3)38-6-2)17-15(23)9-13(10-16(17)24)31-12-14(37-22(31)35)11-28-19(33)18(25)26/h9-10,14,18H,5-8,11-12H2,1-4H3,(H,28,33)(H,27,29,34)/t14-/m0/s1. The van der Waals surface area contributed by atoms with Gasteiger partial charge in [0.05, 0.1) is 32.4 Å². The maximum Gasteiger partial charge on any atom is 0.414 e. The summed E-state index contributed by atoms with van der Waals surface area (Å²) in [4.78, 5) is 47.1. The summed E-state index contributed by atoms with van der Waals surface area (Å²) in [6, 6.07) is 1.28. The number of ether oxygens (including phenoxy) is 1. The van der Waals surface area contributed by atoms with Crippen molar-refractivity contribution < 1.29 is 41.5 Å². The van der Waals surface area contributed by atoms with Crippen LogP contribution in [0.15, 0.2) is 17.1 Å². The monoisotopic (exact) mass is 566 g/mol. The van der Waals surface area contributed by atoms with Crippen molar-refractivity contribution in [1.29, 1.82) is 0 Å². The molecule has 0 radical (unpaired) electrons. The van der Waals surface area contributed by atoms with Crippen LogP contribution >= 0.6 is 11.8 Å². The summed E-state index contributed by atoms with van der Waals surface area (Å²) in [6.45, 7) is 3.10. The van der Waals surface area contributed by atoms with Crippen LogP contribution in [0.4, 0.5) is 38.5 Å². The molecular formula is C22H30F4N6O5S. The van der Waals surface area contributed by atoms with E-state index in [2.05, 4.69) is 10.3 Å². The Balaban J connectivity index is 2.10. The topological polar surface area (TPSA) is 116 Å². The van der Waals surface area contributed by atoms with E-state index < -0.39 is 42.2 Å². The second kappa shape index (κ2) is 14.6. The van der Waals surface area contributed by atoms with Crippen molar-refractivity contribution in [1.82, 2.24) is 15.7 Å². The summed E-state index contributed by atoms with van der Waals surface area (Å²) < 4.78 is 59.9. The minimum Gasteiger partial charge on any atom is -0.442 e. The molecule has 0 unspecified atom stereocenters. The molecule has 16 heteroatoms. The van der Waals surface area contributed by atoms with Gasteiger partial charge in [-0.1, -0.05) is 18.7 Å². The average Bonchev–Trinajstić information content (AvgIpc) is 3.25.